The lowest BCUT2D eigenvalue weighted by atomic mass is 10.0. The molecule has 1 aromatic heterocycles. The summed E-state index contributed by atoms with van der Waals surface area (Å²) < 4.78 is 2.12. The Labute approximate surface area is 127 Å². The molecule has 1 atom stereocenters. The summed E-state index contributed by atoms with van der Waals surface area (Å²) in [5, 5.41) is 0. The highest BCUT2D eigenvalue weighted by Crippen LogP contribution is 2.34. The van der Waals surface area contributed by atoms with Gasteiger partial charge in [0, 0.05) is 45.3 Å². The molecule has 3 rings (SSSR count). The Hall–Kier alpha value is -1.81. The molecule has 0 bridgehead atoms. The lowest BCUT2D eigenvalue weighted by molar-refractivity contribution is 0.240. The fourth-order valence-corrected chi connectivity index (χ4v) is 3.13. The van der Waals surface area contributed by atoms with Gasteiger partial charge >= 0.3 is 0 Å². The Kier molecular flexibility index (Phi) is 3.97. The molecule has 0 spiro atoms. The SMILES string of the molecule is CN(C)c1cccc([C@@H]2CCCN2Cc2nccn2C)c1. The lowest BCUT2D eigenvalue weighted by Gasteiger charge is -2.25. The number of likely N-dealkylation sites (tertiary alicyclic amines) is 1. The minimum Gasteiger partial charge on any atom is -0.378 e. The van der Waals surface area contributed by atoms with Crippen molar-refractivity contribution >= 4 is 5.69 Å². The Bertz CT molecular complexity index is 602. The van der Waals surface area contributed by atoms with Gasteiger partial charge in [-0.05, 0) is 37.1 Å². The first-order chi connectivity index (χ1) is 10.1. The Balaban J connectivity index is 1.80. The lowest BCUT2D eigenvalue weighted by Crippen LogP contribution is -2.24. The van der Waals surface area contributed by atoms with Crippen LogP contribution in [0, 0.1) is 0 Å². The van der Waals surface area contributed by atoms with Crippen LogP contribution in [-0.2, 0) is 13.6 Å². The summed E-state index contributed by atoms with van der Waals surface area (Å²) >= 11 is 0. The molecule has 1 fully saturated rings. The van der Waals surface area contributed by atoms with Gasteiger partial charge in [0.05, 0.1) is 6.54 Å². The van der Waals surface area contributed by atoms with Gasteiger partial charge < -0.3 is 9.47 Å². The molecule has 4 nitrogen and oxygen atoms in total. The van der Waals surface area contributed by atoms with Crippen LogP contribution in [-0.4, -0.2) is 35.1 Å². The quantitative estimate of drug-likeness (QED) is 0.863. The van der Waals surface area contributed by atoms with Crippen LogP contribution in [0.5, 0.6) is 0 Å². The smallest absolute Gasteiger partial charge is 0.122 e. The molecule has 21 heavy (non-hydrogen) atoms. The Morgan fingerprint density at radius 3 is 2.90 bits per heavy atom. The van der Waals surface area contributed by atoms with E-state index >= 15 is 0 Å². The maximum absolute atomic E-state index is 4.47. The summed E-state index contributed by atoms with van der Waals surface area (Å²) in [5.41, 5.74) is 2.70. The van der Waals surface area contributed by atoms with Crippen molar-refractivity contribution < 1.29 is 0 Å². The van der Waals surface area contributed by atoms with Gasteiger partial charge in [-0.2, -0.15) is 0 Å². The average Bonchev–Trinajstić information content (AvgIpc) is 3.09. The predicted molar refractivity (Wildman–Crippen MR) is 86.4 cm³/mol. The second kappa shape index (κ2) is 5.90. The van der Waals surface area contributed by atoms with Gasteiger partial charge in [-0.3, -0.25) is 4.90 Å². The fourth-order valence-electron chi connectivity index (χ4n) is 3.13. The van der Waals surface area contributed by atoms with E-state index in [0.717, 1.165) is 18.9 Å². The topological polar surface area (TPSA) is 24.3 Å². The van der Waals surface area contributed by atoms with E-state index in [-0.39, 0.29) is 0 Å². The number of imidazole rings is 1. The van der Waals surface area contributed by atoms with Crippen LogP contribution >= 0.6 is 0 Å². The number of benzene rings is 1. The number of anilines is 1. The molecule has 112 valence electrons. The fraction of sp³-hybridized carbons (Fsp3) is 0.471. The van der Waals surface area contributed by atoms with Gasteiger partial charge in [-0.15, -0.1) is 0 Å². The number of hydrogen-bond donors (Lipinski definition) is 0. The Morgan fingerprint density at radius 1 is 1.33 bits per heavy atom. The molecule has 2 aromatic rings. The van der Waals surface area contributed by atoms with Crippen molar-refractivity contribution in [3.8, 4) is 0 Å². The van der Waals surface area contributed by atoms with E-state index < -0.39 is 0 Å². The molecular weight excluding hydrogens is 260 g/mol. The zero-order chi connectivity index (χ0) is 14.8. The zero-order valence-corrected chi connectivity index (χ0v) is 13.2. The van der Waals surface area contributed by atoms with Gasteiger partial charge in [-0.25, -0.2) is 4.98 Å². The summed E-state index contributed by atoms with van der Waals surface area (Å²) in [6, 6.07) is 9.43. The molecule has 0 radical (unpaired) electrons. The van der Waals surface area contributed by atoms with Crippen molar-refractivity contribution in [2.45, 2.75) is 25.4 Å². The minimum absolute atomic E-state index is 0.515. The largest absolute Gasteiger partial charge is 0.378 e. The van der Waals surface area contributed by atoms with E-state index in [4.69, 9.17) is 0 Å². The van der Waals surface area contributed by atoms with Crippen molar-refractivity contribution in [3.05, 3.63) is 48.0 Å². The summed E-state index contributed by atoms with van der Waals surface area (Å²) in [5.74, 6) is 1.14. The third-order valence-corrected chi connectivity index (χ3v) is 4.40. The zero-order valence-electron chi connectivity index (χ0n) is 13.2. The van der Waals surface area contributed by atoms with Crippen molar-refractivity contribution in [1.82, 2.24) is 14.5 Å². The highest BCUT2D eigenvalue weighted by atomic mass is 15.2. The van der Waals surface area contributed by atoms with Crippen LogP contribution < -0.4 is 4.90 Å². The standard InChI is InChI=1S/C17H24N4/c1-19(2)15-7-4-6-14(12-15)16-8-5-10-21(16)13-17-18-9-11-20(17)3/h4,6-7,9,11-12,16H,5,8,10,13H2,1-3H3/t16-/m0/s1. The number of aromatic nitrogens is 2. The van der Waals surface area contributed by atoms with Gasteiger partial charge in [0.1, 0.15) is 5.82 Å². The van der Waals surface area contributed by atoms with Crippen molar-refractivity contribution in [2.75, 3.05) is 25.5 Å². The molecule has 0 N–H and O–H groups in total. The monoisotopic (exact) mass is 284 g/mol. The molecule has 1 aromatic carbocycles. The molecule has 1 saturated heterocycles. The first-order valence-electron chi connectivity index (χ1n) is 7.62. The van der Waals surface area contributed by atoms with E-state index in [9.17, 15) is 0 Å². The van der Waals surface area contributed by atoms with Crippen LogP contribution in [0.15, 0.2) is 36.7 Å². The molecule has 0 saturated carbocycles. The van der Waals surface area contributed by atoms with Crippen LogP contribution in [0.2, 0.25) is 0 Å². The summed E-state index contributed by atoms with van der Waals surface area (Å²) in [4.78, 5) is 9.19. The highest BCUT2D eigenvalue weighted by molar-refractivity contribution is 5.48. The molecule has 1 aliphatic heterocycles. The van der Waals surface area contributed by atoms with E-state index in [1.54, 1.807) is 0 Å². The van der Waals surface area contributed by atoms with Crippen LogP contribution in [0.25, 0.3) is 0 Å². The summed E-state index contributed by atoms with van der Waals surface area (Å²) in [6.45, 7) is 2.09. The second-order valence-corrected chi connectivity index (χ2v) is 6.07. The van der Waals surface area contributed by atoms with E-state index in [0.29, 0.717) is 6.04 Å². The van der Waals surface area contributed by atoms with Crippen molar-refractivity contribution in [2.24, 2.45) is 7.05 Å². The molecular formula is C17H24N4. The predicted octanol–water partition coefficient (Wildman–Crippen LogP) is 2.82. The first kappa shape index (κ1) is 14.1. The van der Waals surface area contributed by atoms with E-state index in [2.05, 4.69) is 64.8 Å². The third kappa shape index (κ3) is 2.95. The summed E-state index contributed by atoms with van der Waals surface area (Å²) in [7, 11) is 6.26. The molecule has 0 unspecified atom stereocenters. The van der Waals surface area contributed by atoms with Crippen LogP contribution in [0.3, 0.4) is 0 Å². The van der Waals surface area contributed by atoms with Gasteiger partial charge in [0.2, 0.25) is 0 Å². The highest BCUT2D eigenvalue weighted by Gasteiger charge is 2.27. The maximum atomic E-state index is 4.47. The average molecular weight is 284 g/mol. The molecule has 4 heteroatoms. The number of nitrogens with zero attached hydrogens (tertiary/aromatic N) is 4. The Morgan fingerprint density at radius 2 is 2.19 bits per heavy atom. The molecule has 2 heterocycles. The minimum atomic E-state index is 0.515. The van der Waals surface area contributed by atoms with Crippen LogP contribution in [0.1, 0.15) is 30.3 Å². The normalized spacial score (nSPS) is 19.1. The third-order valence-electron chi connectivity index (χ3n) is 4.40. The van der Waals surface area contributed by atoms with E-state index in [1.807, 2.05) is 12.4 Å². The molecule has 0 aliphatic carbocycles. The van der Waals surface area contributed by atoms with Crippen LogP contribution in [0.4, 0.5) is 5.69 Å². The van der Waals surface area contributed by atoms with Crippen molar-refractivity contribution in [1.29, 1.82) is 0 Å². The molecule has 1 aliphatic rings. The maximum Gasteiger partial charge on any atom is 0.122 e. The van der Waals surface area contributed by atoms with Gasteiger partial charge in [0.15, 0.2) is 0 Å². The number of aryl methyl sites for hydroxylation is 1. The summed E-state index contributed by atoms with van der Waals surface area (Å²) in [6.07, 6.45) is 6.41. The second-order valence-electron chi connectivity index (χ2n) is 6.07. The number of rotatable bonds is 4. The molecule has 0 amide bonds. The van der Waals surface area contributed by atoms with Gasteiger partial charge in [0.25, 0.3) is 0 Å². The number of hydrogen-bond acceptors (Lipinski definition) is 3. The van der Waals surface area contributed by atoms with E-state index in [1.165, 1.54) is 24.1 Å². The van der Waals surface area contributed by atoms with Crippen molar-refractivity contribution in [3.63, 3.8) is 0 Å². The van der Waals surface area contributed by atoms with Gasteiger partial charge in [-0.1, -0.05) is 12.1 Å². The first-order valence-corrected chi connectivity index (χ1v) is 7.62.